The Morgan fingerprint density at radius 1 is 1.62 bits per heavy atom. The first-order valence-corrected chi connectivity index (χ1v) is 4.66. The second kappa shape index (κ2) is 3.17. The van der Waals surface area contributed by atoms with Gasteiger partial charge in [-0.15, -0.1) is 17.8 Å². The third kappa shape index (κ3) is 1.42. The zero-order valence-corrected chi connectivity index (χ0v) is 7.58. The highest BCUT2D eigenvalue weighted by molar-refractivity contribution is 7.17. The lowest BCUT2D eigenvalue weighted by Gasteiger charge is -2.01. The van der Waals surface area contributed by atoms with Gasteiger partial charge in [-0.05, 0) is 17.5 Å². The van der Waals surface area contributed by atoms with Crippen LogP contribution in [0.2, 0.25) is 0 Å². The average molecular weight is 189 g/mol. The van der Waals surface area contributed by atoms with Crippen LogP contribution in [0, 0.1) is 12.3 Å². The van der Waals surface area contributed by atoms with Gasteiger partial charge in [-0.2, -0.15) is 0 Å². The molecule has 1 N–H and O–H groups in total. The summed E-state index contributed by atoms with van der Waals surface area (Å²) in [5.74, 6) is 2.26. The summed E-state index contributed by atoms with van der Waals surface area (Å²) < 4.78 is 1.05. The molecule has 0 saturated carbocycles. The van der Waals surface area contributed by atoms with Crippen LogP contribution in [0.5, 0.6) is 0 Å². The molecule has 0 aliphatic heterocycles. The summed E-state index contributed by atoms with van der Waals surface area (Å²) >= 11 is 1.59. The lowest BCUT2D eigenvalue weighted by molar-refractivity contribution is 0.238. The molecule has 0 saturated heterocycles. The summed E-state index contributed by atoms with van der Waals surface area (Å²) in [7, 11) is 0. The summed E-state index contributed by atoms with van der Waals surface area (Å²) in [6, 6.07) is 3.81. The number of aliphatic hydroxyl groups excluding tert-OH is 1. The molecule has 0 fully saturated rings. The number of rotatable bonds is 1. The summed E-state index contributed by atoms with van der Waals surface area (Å²) in [5, 5.41) is 11.3. The van der Waals surface area contributed by atoms with Gasteiger partial charge in [0.1, 0.15) is 6.10 Å². The molecule has 2 nitrogen and oxygen atoms in total. The van der Waals surface area contributed by atoms with Gasteiger partial charge in [-0.3, -0.25) is 4.98 Å². The second-order valence-corrected chi connectivity index (χ2v) is 3.59. The van der Waals surface area contributed by atoms with Crippen molar-refractivity contribution in [3.05, 3.63) is 29.3 Å². The smallest absolute Gasteiger partial charge is 0.141 e. The van der Waals surface area contributed by atoms with Crippen LogP contribution in [-0.4, -0.2) is 10.1 Å². The molecule has 13 heavy (non-hydrogen) atoms. The minimum absolute atomic E-state index is 0.678. The van der Waals surface area contributed by atoms with Crippen molar-refractivity contribution in [3.8, 4) is 12.3 Å². The SMILES string of the molecule is C#C[C@H](O)c1cnc2ccsc2c1. The predicted molar refractivity (Wildman–Crippen MR) is 53.4 cm³/mol. The van der Waals surface area contributed by atoms with E-state index in [1.807, 2.05) is 17.5 Å². The van der Waals surface area contributed by atoms with E-state index in [0.717, 1.165) is 10.2 Å². The number of hydrogen-bond acceptors (Lipinski definition) is 3. The quantitative estimate of drug-likeness (QED) is 0.696. The Bertz CT molecular complexity index is 469. The van der Waals surface area contributed by atoms with Crippen molar-refractivity contribution in [2.75, 3.05) is 0 Å². The van der Waals surface area contributed by atoms with Gasteiger partial charge in [-0.25, -0.2) is 0 Å². The number of aliphatic hydroxyl groups is 1. The third-order valence-electron chi connectivity index (χ3n) is 1.80. The van der Waals surface area contributed by atoms with E-state index in [0.29, 0.717) is 5.56 Å². The topological polar surface area (TPSA) is 33.1 Å². The Morgan fingerprint density at radius 2 is 2.46 bits per heavy atom. The van der Waals surface area contributed by atoms with E-state index in [1.54, 1.807) is 17.5 Å². The lowest BCUT2D eigenvalue weighted by atomic mass is 10.2. The van der Waals surface area contributed by atoms with Crippen LogP contribution >= 0.6 is 11.3 Å². The van der Waals surface area contributed by atoms with Crippen LogP contribution in [0.3, 0.4) is 0 Å². The van der Waals surface area contributed by atoms with Gasteiger partial charge in [0.05, 0.1) is 10.2 Å². The fraction of sp³-hybridized carbons (Fsp3) is 0.100. The molecular weight excluding hydrogens is 182 g/mol. The van der Waals surface area contributed by atoms with Gasteiger partial charge in [0, 0.05) is 11.8 Å². The van der Waals surface area contributed by atoms with Crippen LogP contribution in [0.1, 0.15) is 11.7 Å². The molecule has 3 heteroatoms. The van der Waals surface area contributed by atoms with Crippen LogP contribution in [0.25, 0.3) is 10.2 Å². The first-order valence-electron chi connectivity index (χ1n) is 3.78. The van der Waals surface area contributed by atoms with E-state index < -0.39 is 6.10 Å². The first-order chi connectivity index (χ1) is 6.31. The van der Waals surface area contributed by atoms with Crippen molar-refractivity contribution < 1.29 is 5.11 Å². The lowest BCUT2D eigenvalue weighted by Crippen LogP contribution is -1.93. The monoisotopic (exact) mass is 189 g/mol. The molecule has 2 aromatic rings. The largest absolute Gasteiger partial charge is 0.376 e. The number of aromatic nitrogens is 1. The predicted octanol–water partition coefficient (Wildman–Crippen LogP) is 1.96. The highest BCUT2D eigenvalue weighted by atomic mass is 32.1. The maximum atomic E-state index is 9.35. The van der Waals surface area contributed by atoms with Gasteiger partial charge in [0.2, 0.25) is 0 Å². The van der Waals surface area contributed by atoms with Crippen molar-refractivity contribution in [3.63, 3.8) is 0 Å². The molecule has 0 spiro atoms. The van der Waals surface area contributed by atoms with E-state index in [9.17, 15) is 5.11 Å². The van der Waals surface area contributed by atoms with Gasteiger partial charge in [0.25, 0.3) is 0 Å². The average Bonchev–Trinajstić information content (AvgIpc) is 2.63. The minimum atomic E-state index is -0.848. The van der Waals surface area contributed by atoms with E-state index in [1.165, 1.54) is 0 Å². The standard InChI is InChI=1S/C10H7NOS/c1-2-9(12)7-5-10-8(11-6-7)3-4-13-10/h1,3-6,9,12H/t9-/m0/s1. The van der Waals surface area contributed by atoms with Crippen LogP contribution < -0.4 is 0 Å². The molecule has 64 valence electrons. The fourth-order valence-electron chi connectivity index (χ4n) is 1.11. The third-order valence-corrected chi connectivity index (χ3v) is 2.65. The van der Waals surface area contributed by atoms with Crippen molar-refractivity contribution in [2.45, 2.75) is 6.10 Å². The Morgan fingerprint density at radius 3 is 3.23 bits per heavy atom. The molecule has 1 atom stereocenters. The Hall–Kier alpha value is -1.37. The molecule has 2 aromatic heterocycles. The van der Waals surface area contributed by atoms with Crippen molar-refractivity contribution in [1.29, 1.82) is 0 Å². The van der Waals surface area contributed by atoms with Crippen molar-refractivity contribution in [2.24, 2.45) is 0 Å². The normalized spacial score (nSPS) is 12.6. The summed E-state index contributed by atoms with van der Waals surface area (Å²) in [6.07, 6.45) is 5.86. The summed E-state index contributed by atoms with van der Waals surface area (Å²) in [6.45, 7) is 0. The number of thiophene rings is 1. The molecule has 0 unspecified atom stereocenters. The molecule has 2 heterocycles. The number of hydrogen-bond donors (Lipinski definition) is 1. The van der Waals surface area contributed by atoms with Crippen LogP contribution in [-0.2, 0) is 0 Å². The van der Waals surface area contributed by atoms with E-state index in [-0.39, 0.29) is 0 Å². The number of terminal acetylenes is 1. The molecule has 0 aliphatic rings. The van der Waals surface area contributed by atoms with Crippen LogP contribution in [0.15, 0.2) is 23.7 Å². The maximum absolute atomic E-state index is 9.35. The Kier molecular flexibility index (Phi) is 2.01. The number of pyridine rings is 1. The Balaban J connectivity index is 2.55. The van der Waals surface area contributed by atoms with Gasteiger partial charge < -0.3 is 5.11 Å². The van der Waals surface area contributed by atoms with Crippen molar-refractivity contribution >= 4 is 21.6 Å². The molecule has 0 amide bonds. The fourth-order valence-corrected chi connectivity index (χ4v) is 1.90. The van der Waals surface area contributed by atoms with E-state index in [4.69, 9.17) is 6.42 Å². The molecule has 2 rings (SSSR count). The number of nitrogens with zero attached hydrogens (tertiary/aromatic N) is 1. The van der Waals surface area contributed by atoms with E-state index >= 15 is 0 Å². The maximum Gasteiger partial charge on any atom is 0.141 e. The summed E-state index contributed by atoms with van der Waals surface area (Å²) in [4.78, 5) is 4.17. The molecule has 0 radical (unpaired) electrons. The first kappa shape index (κ1) is 8.24. The van der Waals surface area contributed by atoms with Crippen LogP contribution in [0.4, 0.5) is 0 Å². The second-order valence-electron chi connectivity index (χ2n) is 2.64. The Labute approximate surface area is 79.9 Å². The zero-order chi connectivity index (χ0) is 9.26. The minimum Gasteiger partial charge on any atom is -0.376 e. The van der Waals surface area contributed by atoms with E-state index in [2.05, 4.69) is 10.9 Å². The van der Waals surface area contributed by atoms with Gasteiger partial charge in [-0.1, -0.05) is 5.92 Å². The molecule has 0 aliphatic carbocycles. The highest BCUT2D eigenvalue weighted by Crippen LogP contribution is 2.22. The van der Waals surface area contributed by atoms with Gasteiger partial charge >= 0.3 is 0 Å². The number of fused-ring (bicyclic) bond motifs is 1. The molecular formula is C10H7NOS. The van der Waals surface area contributed by atoms with Crippen molar-refractivity contribution in [1.82, 2.24) is 4.98 Å². The molecule has 0 aromatic carbocycles. The highest BCUT2D eigenvalue weighted by Gasteiger charge is 2.05. The summed E-state index contributed by atoms with van der Waals surface area (Å²) in [5.41, 5.74) is 1.62. The van der Waals surface area contributed by atoms with Gasteiger partial charge in [0.15, 0.2) is 0 Å². The molecule has 0 bridgehead atoms. The zero-order valence-electron chi connectivity index (χ0n) is 6.77.